The van der Waals surface area contributed by atoms with E-state index in [1.54, 1.807) is 18.9 Å². The molecule has 1 saturated carbocycles. The van der Waals surface area contributed by atoms with Crippen LogP contribution in [0, 0.1) is 0 Å². The van der Waals surface area contributed by atoms with Crippen molar-refractivity contribution >= 4 is 6.09 Å². The van der Waals surface area contributed by atoms with Crippen molar-refractivity contribution in [2.45, 2.75) is 44.8 Å². The third-order valence-corrected chi connectivity index (χ3v) is 2.77. The van der Waals surface area contributed by atoms with Crippen LogP contribution in [0.2, 0.25) is 0 Å². The van der Waals surface area contributed by atoms with E-state index >= 15 is 0 Å². The van der Waals surface area contributed by atoms with Crippen LogP contribution in [0.25, 0.3) is 0 Å². The van der Waals surface area contributed by atoms with Gasteiger partial charge in [0.25, 0.3) is 0 Å². The fourth-order valence-corrected chi connectivity index (χ4v) is 1.82. The van der Waals surface area contributed by atoms with Crippen LogP contribution in [0.15, 0.2) is 0 Å². The van der Waals surface area contributed by atoms with E-state index in [1.807, 2.05) is 0 Å². The lowest BCUT2D eigenvalue weighted by Crippen LogP contribution is -2.40. The van der Waals surface area contributed by atoms with Crippen molar-refractivity contribution in [3.8, 4) is 0 Å². The minimum atomic E-state index is -0.256. The minimum absolute atomic E-state index is 0.179. The summed E-state index contributed by atoms with van der Waals surface area (Å²) >= 11 is 0. The molecule has 1 aliphatic carbocycles. The maximum atomic E-state index is 11.4. The van der Waals surface area contributed by atoms with Crippen LogP contribution >= 0.6 is 0 Å². The van der Waals surface area contributed by atoms with Crippen molar-refractivity contribution in [2.24, 2.45) is 0 Å². The van der Waals surface area contributed by atoms with Gasteiger partial charge in [-0.25, -0.2) is 4.79 Å². The predicted octanol–water partition coefficient (Wildman–Crippen LogP) is 1.38. The summed E-state index contributed by atoms with van der Waals surface area (Å²) in [6, 6.07) is 0.234. The van der Waals surface area contributed by atoms with E-state index in [9.17, 15) is 9.90 Å². The first-order valence-electron chi connectivity index (χ1n) is 5.22. The molecule has 14 heavy (non-hydrogen) atoms. The Bertz CT molecular complexity index is 188. The molecule has 0 unspecified atom stereocenters. The number of aliphatic hydroxyl groups is 1. The van der Waals surface area contributed by atoms with Gasteiger partial charge in [-0.2, -0.15) is 0 Å². The van der Waals surface area contributed by atoms with Gasteiger partial charge in [0.2, 0.25) is 0 Å². The molecule has 82 valence electrons. The molecule has 1 N–H and O–H groups in total. The van der Waals surface area contributed by atoms with Crippen LogP contribution in [0.5, 0.6) is 0 Å². The summed E-state index contributed by atoms with van der Waals surface area (Å²) in [6.45, 7) is 2.22. The van der Waals surface area contributed by atoms with Gasteiger partial charge in [-0.1, -0.05) is 0 Å². The lowest BCUT2D eigenvalue weighted by atomic mass is 9.92. The van der Waals surface area contributed by atoms with Crippen LogP contribution in [-0.4, -0.2) is 41.9 Å². The fourth-order valence-electron chi connectivity index (χ4n) is 1.82. The molecule has 0 heterocycles. The average molecular weight is 201 g/mol. The normalized spacial score (nSPS) is 27.1. The Morgan fingerprint density at radius 3 is 2.50 bits per heavy atom. The third-order valence-electron chi connectivity index (χ3n) is 2.77. The lowest BCUT2D eigenvalue weighted by Gasteiger charge is -2.32. The molecule has 0 aromatic carbocycles. The SMILES string of the molecule is CCOC(=O)N(C)[C@H]1CC[C@H](O)CC1. The molecular formula is C10H19NO3. The lowest BCUT2D eigenvalue weighted by molar-refractivity contribution is 0.0648. The number of rotatable bonds is 2. The first kappa shape index (κ1) is 11.3. The Morgan fingerprint density at radius 1 is 1.43 bits per heavy atom. The number of carbonyl (C=O) groups excluding carboxylic acids is 1. The summed E-state index contributed by atoms with van der Waals surface area (Å²) in [6.07, 6.45) is 2.88. The summed E-state index contributed by atoms with van der Waals surface area (Å²) in [5.41, 5.74) is 0. The smallest absolute Gasteiger partial charge is 0.409 e. The number of carbonyl (C=O) groups is 1. The zero-order valence-electron chi connectivity index (χ0n) is 8.90. The van der Waals surface area contributed by atoms with E-state index in [2.05, 4.69) is 0 Å². The van der Waals surface area contributed by atoms with Crippen LogP contribution in [0.4, 0.5) is 4.79 Å². The number of amides is 1. The number of aliphatic hydroxyl groups excluding tert-OH is 1. The zero-order chi connectivity index (χ0) is 10.6. The maximum Gasteiger partial charge on any atom is 0.409 e. The van der Waals surface area contributed by atoms with E-state index in [0.717, 1.165) is 25.7 Å². The van der Waals surface area contributed by atoms with Gasteiger partial charge < -0.3 is 14.7 Å². The highest BCUT2D eigenvalue weighted by molar-refractivity contribution is 5.67. The standard InChI is InChI=1S/C10H19NO3/c1-3-14-10(13)11(2)8-4-6-9(12)7-5-8/h8-9,12H,3-7H2,1-2H3/t8-,9-. The van der Waals surface area contributed by atoms with E-state index in [-0.39, 0.29) is 18.2 Å². The van der Waals surface area contributed by atoms with Gasteiger partial charge in [0.05, 0.1) is 12.7 Å². The van der Waals surface area contributed by atoms with E-state index in [4.69, 9.17) is 4.74 Å². The molecule has 4 nitrogen and oxygen atoms in total. The van der Waals surface area contributed by atoms with Gasteiger partial charge >= 0.3 is 6.09 Å². The highest BCUT2D eigenvalue weighted by Crippen LogP contribution is 2.22. The number of hydrogen-bond acceptors (Lipinski definition) is 3. The number of ether oxygens (including phenoxy) is 1. The van der Waals surface area contributed by atoms with Gasteiger partial charge in [0, 0.05) is 13.1 Å². The van der Waals surface area contributed by atoms with E-state index < -0.39 is 0 Å². The topological polar surface area (TPSA) is 49.8 Å². The molecule has 1 fully saturated rings. The first-order valence-corrected chi connectivity index (χ1v) is 5.22. The monoisotopic (exact) mass is 201 g/mol. The third kappa shape index (κ3) is 2.87. The second-order valence-corrected chi connectivity index (χ2v) is 3.77. The average Bonchev–Trinajstić information content (AvgIpc) is 2.18. The molecule has 1 amide bonds. The van der Waals surface area contributed by atoms with Crippen molar-refractivity contribution in [3.63, 3.8) is 0 Å². The maximum absolute atomic E-state index is 11.4. The van der Waals surface area contributed by atoms with Gasteiger partial charge in [-0.05, 0) is 32.6 Å². The first-order chi connectivity index (χ1) is 6.65. The second kappa shape index (κ2) is 5.20. The molecule has 0 aromatic rings. The van der Waals surface area contributed by atoms with Gasteiger partial charge in [0.15, 0.2) is 0 Å². The van der Waals surface area contributed by atoms with Gasteiger partial charge in [0.1, 0.15) is 0 Å². The summed E-state index contributed by atoms with van der Waals surface area (Å²) < 4.78 is 4.91. The molecule has 1 rings (SSSR count). The molecule has 0 spiro atoms. The number of hydrogen-bond donors (Lipinski definition) is 1. The Labute approximate surface area is 84.8 Å². The molecule has 0 bridgehead atoms. The highest BCUT2D eigenvalue weighted by Gasteiger charge is 2.25. The summed E-state index contributed by atoms with van der Waals surface area (Å²) in [4.78, 5) is 13.0. The quantitative estimate of drug-likeness (QED) is 0.734. The Hall–Kier alpha value is -0.770. The van der Waals surface area contributed by atoms with E-state index in [0.29, 0.717) is 6.61 Å². The molecule has 0 aliphatic heterocycles. The summed E-state index contributed by atoms with van der Waals surface area (Å²) in [5.74, 6) is 0. The van der Waals surface area contributed by atoms with Gasteiger partial charge in [-0.15, -0.1) is 0 Å². The van der Waals surface area contributed by atoms with Crippen molar-refractivity contribution in [2.75, 3.05) is 13.7 Å². The Kier molecular flexibility index (Phi) is 4.20. The Balaban J connectivity index is 2.37. The molecule has 0 atom stereocenters. The van der Waals surface area contributed by atoms with Crippen molar-refractivity contribution in [1.29, 1.82) is 0 Å². The largest absolute Gasteiger partial charge is 0.450 e. The highest BCUT2D eigenvalue weighted by atomic mass is 16.6. The molecule has 1 aliphatic rings. The molecular weight excluding hydrogens is 182 g/mol. The van der Waals surface area contributed by atoms with Crippen LogP contribution in [-0.2, 0) is 4.74 Å². The fraction of sp³-hybridized carbons (Fsp3) is 0.900. The summed E-state index contributed by atoms with van der Waals surface area (Å²) in [5, 5.41) is 9.32. The van der Waals surface area contributed by atoms with Crippen LogP contribution in [0.3, 0.4) is 0 Å². The Morgan fingerprint density at radius 2 is 2.00 bits per heavy atom. The van der Waals surface area contributed by atoms with Crippen molar-refractivity contribution in [1.82, 2.24) is 4.90 Å². The zero-order valence-corrected chi connectivity index (χ0v) is 8.90. The van der Waals surface area contributed by atoms with Crippen LogP contribution < -0.4 is 0 Å². The minimum Gasteiger partial charge on any atom is -0.450 e. The van der Waals surface area contributed by atoms with Crippen LogP contribution in [0.1, 0.15) is 32.6 Å². The second-order valence-electron chi connectivity index (χ2n) is 3.77. The van der Waals surface area contributed by atoms with Gasteiger partial charge in [-0.3, -0.25) is 0 Å². The van der Waals surface area contributed by atoms with Crippen molar-refractivity contribution < 1.29 is 14.6 Å². The predicted molar refractivity (Wildman–Crippen MR) is 53.0 cm³/mol. The summed E-state index contributed by atoms with van der Waals surface area (Å²) in [7, 11) is 1.76. The van der Waals surface area contributed by atoms with E-state index in [1.165, 1.54) is 0 Å². The molecule has 0 radical (unpaired) electrons. The van der Waals surface area contributed by atoms with Crippen molar-refractivity contribution in [3.05, 3.63) is 0 Å². The molecule has 0 saturated heterocycles. The number of nitrogens with zero attached hydrogens (tertiary/aromatic N) is 1. The molecule has 0 aromatic heterocycles. The molecule has 4 heteroatoms.